The van der Waals surface area contributed by atoms with Crippen LogP contribution in [0.3, 0.4) is 0 Å². The summed E-state index contributed by atoms with van der Waals surface area (Å²) in [6.07, 6.45) is 1.17. The minimum Gasteiger partial charge on any atom is -0.355 e. The molecule has 4 aromatic rings. The Labute approximate surface area is 175 Å². The molecule has 2 aromatic heterocycles. The number of hydrogen-bond donors (Lipinski definition) is 1. The number of anilines is 1. The van der Waals surface area contributed by atoms with Gasteiger partial charge in [0.15, 0.2) is 40.5 Å². The lowest BCUT2D eigenvalue weighted by Gasteiger charge is -2.08. The molecule has 0 atom stereocenters. The van der Waals surface area contributed by atoms with Crippen molar-refractivity contribution in [2.45, 2.75) is 6.54 Å². The van der Waals surface area contributed by atoms with E-state index in [1.54, 1.807) is 0 Å². The Morgan fingerprint density at radius 3 is 2.19 bits per heavy atom. The first kappa shape index (κ1) is 21.2. The van der Waals surface area contributed by atoms with Crippen LogP contribution in [-0.4, -0.2) is 20.8 Å². The Balaban J connectivity index is 1.49. The fourth-order valence-corrected chi connectivity index (χ4v) is 2.78. The van der Waals surface area contributed by atoms with E-state index in [0.29, 0.717) is 5.56 Å². The second kappa shape index (κ2) is 8.21. The molecule has 12 heteroatoms. The molecule has 4 rings (SSSR count). The maximum Gasteiger partial charge on any atom is 0.279 e. The van der Waals surface area contributed by atoms with Crippen LogP contribution in [0.2, 0.25) is 0 Å². The molecular weight excluding hydrogens is 442 g/mol. The number of benzene rings is 2. The molecule has 0 aliphatic heterocycles. The highest BCUT2D eigenvalue weighted by atomic mass is 19.2. The van der Waals surface area contributed by atoms with E-state index in [4.69, 9.17) is 4.52 Å². The van der Waals surface area contributed by atoms with Crippen LogP contribution in [-0.2, 0) is 6.54 Å². The van der Waals surface area contributed by atoms with E-state index in [-0.39, 0.29) is 17.3 Å². The molecular formula is C20H10F6N4O2. The summed E-state index contributed by atoms with van der Waals surface area (Å²) in [5.74, 6) is -11.4. The lowest BCUT2D eigenvalue weighted by molar-refractivity contribution is 0.101. The molecule has 0 fully saturated rings. The van der Waals surface area contributed by atoms with Gasteiger partial charge in [0.25, 0.3) is 5.91 Å². The van der Waals surface area contributed by atoms with Gasteiger partial charge in [-0.1, -0.05) is 5.16 Å². The highest BCUT2D eigenvalue weighted by Crippen LogP contribution is 2.24. The molecule has 1 N–H and O–H groups in total. The Bertz CT molecular complexity index is 1290. The second-order valence-electron chi connectivity index (χ2n) is 6.48. The van der Waals surface area contributed by atoms with Crippen molar-refractivity contribution in [2.24, 2.45) is 0 Å². The number of carbonyl (C=O) groups is 1. The second-order valence-corrected chi connectivity index (χ2v) is 6.48. The third-order valence-corrected chi connectivity index (χ3v) is 4.37. The first-order chi connectivity index (χ1) is 15.2. The first-order valence-electron chi connectivity index (χ1n) is 8.82. The van der Waals surface area contributed by atoms with E-state index in [9.17, 15) is 31.1 Å². The number of halogens is 6. The predicted octanol–water partition coefficient (Wildman–Crippen LogP) is 4.67. The zero-order chi connectivity index (χ0) is 23.0. The Kier molecular flexibility index (Phi) is 5.43. The Morgan fingerprint density at radius 2 is 1.53 bits per heavy atom. The van der Waals surface area contributed by atoms with Gasteiger partial charge in [0.05, 0.1) is 12.1 Å². The monoisotopic (exact) mass is 452 g/mol. The van der Waals surface area contributed by atoms with Gasteiger partial charge in [-0.3, -0.25) is 9.48 Å². The maximum atomic E-state index is 13.8. The van der Waals surface area contributed by atoms with Crippen molar-refractivity contribution in [1.82, 2.24) is 14.9 Å². The number of aromatic nitrogens is 3. The minimum atomic E-state index is -2.26. The normalized spacial score (nSPS) is 11.1. The summed E-state index contributed by atoms with van der Waals surface area (Å²) in [5, 5.41) is 9.78. The molecule has 0 unspecified atom stereocenters. The largest absolute Gasteiger partial charge is 0.355 e. The molecule has 0 saturated carbocycles. The summed E-state index contributed by atoms with van der Waals surface area (Å²) < 4.78 is 86.4. The SMILES string of the molecule is O=C(Nc1ccn(Cc2c(F)c(F)c(F)c(F)c2F)n1)c1cc(-c2ccc(F)cc2)on1. The van der Waals surface area contributed by atoms with Crippen LogP contribution in [0.4, 0.5) is 32.2 Å². The van der Waals surface area contributed by atoms with Crippen LogP contribution in [0.15, 0.2) is 47.1 Å². The van der Waals surface area contributed by atoms with E-state index in [0.717, 1.165) is 4.68 Å². The molecule has 164 valence electrons. The van der Waals surface area contributed by atoms with Crippen molar-refractivity contribution in [3.05, 3.63) is 88.8 Å². The number of rotatable bonds is 5. The first-order valence-corrected chi connectivity index (χ1v) is 8.82. The van der Waals surface area contributed by atoms with Crippen molar-refractivity contribution in [3.8, 4) is 11.3 Å². The van der Waals surface area contributed by atoms with E-state index >= 15 is 0 Å². The van der Waals surface area contributed by atoms with Crippen LogP contribution in [0, 0.1) is 34.9 Å². The van der Waals surface area contributed by atoms with Crippen molar-refractivity contribution < 1.29 is 35.7 Å². The highest BCUT2D eigenvalue weighted by Gasteiger charge is 2.26. The van der Waals surface area contributed by atoms with Gasteiger partial charge in [-0.15, -0.1) is 0 Å². The van der Waals surface area contributed by atoms with Gasteiger partial charge in [-0.25, -0.2) is 26.3 Å². The lowest BCUT2D eigenvalue weighted by atomic mass is 10.1. The molecule has 0 spiro atoms. The van der Waals surface area contributed by atoms with Gasteiger partial charge >= 0.3 is 0 Å². The number of nitrogens with one attached hydrogen (secondary N) is 1. The zero-order valence-electron chi connectivity index (χ0n) is 15.7. The summed E-state index contributed by atoms with van der Waals surface area (Å²) in [6, 6.07) is 7.81. The Morgan fingerprint density at radius 1 is 0.906 bits per heavy atom. The van der Waals surface area contributed by atoms with Crippen LogP contribution < -0.4 is 5.32 Å². The van der Waals surface area contributed by atoms with Gasteiger partial charge in [-0.2, -0.15) is 5.10 Å². The van der Waals surface area contributed by atoms with E-state index in [1.165, 1.54) is 42.6 Å². The van der Waals surface area contributed by atoms with Gasteiger partial charge < -0.3 is 9.84 Å². The minimum absolute atomic E-state index is 0.0785. The van der Waals surface area contributed by atoms with Crippen molar-refractivity contribution >= 4 is 11.7 Å². The summed E-state index contributed by atoms with van der Waals surface area (Å²) in [4.78, 5) is 12.3. The Hall–Kier alpha value is -4.09. The van der Waals surface area contributed by atoms with Crippen LogP contribution in [0.5, 0.6) is 0 Å². The van der Waals surface area contributed by atoms with Crippen LogP contribution >= 0.6 is 0 Å². The maximum absolute atomic E-state index is 13.8. The number of amides is 1. The average molecular weight is 452 g/mol. The summed E-state index contributed by atoms with van der Waals surface area (Å²) in [7, 11) is 0. The topological polar surface area (TPSA) is 73.0 Å². The quantitative estimate of drug-likeness (QED) is 0.271. The third-order valence-electron chi connectivity index (χ3n) is 4.37. The molecule has 2 heterocycles. The highest BCUT2D eigenvalue weighted by molar-refractivity contribution is 6.02. The van der Waals surface area contributed by atoms with Gasteiger partial charge in [0.1, 0.15) is 5.82 Å². The number of hydrogen-bond acceptors (Lipinski definition) is 4. The van der Waals surface area contributed by atoms with Crippen molar-refractivity contribution in [3.63, 3.8) is 0 Å². The number of nitrogens with zero attached hydrogens (tertiary/aromatic N) is 3. The molecule has 0 aliphatic rings. The fraction of sp³-hybridized carbons (Fsp3) is 0.0500. The van der Waals surface area contributed by atoms with Crippen molar-refractivity contribution in [2.75, 3.05) is 5.32 Å². The molecule has 0 radical (unpaired) electrons. The third kappa shape index (κ3) is 3.94. The van der Waals surface area contributed by atoms with Gasteiger partial charge in [-0.05, 0) is 24.3 Å². The van der Waals surface area contributed by atoms with Gasteiger partial charge in [0, 0.05) is 23.9 Å². The standard InChI is InChI=1S/C20H10F6N4O2/c21-10-3-1-9(2-4-10)13-7-12(29-32-13)20(31)27-14-5-6-30(28-14)8-11-15(22)17(24)19(26)18(25)16(11)23/h1-7H,8H2,(H,27,28,31). The van der Waals surface area contributed by atoms with Crippen molar-refractivity contribution in [1.29, 1.82) is 0 Å². The molecule has 6 nitrogen and oxygen atoms in total. The van der Waals surface area contributed by atoms with E-state index in [1.807, 2.05) is 0 Å². The summed E-state index contributed by atoms with van der Waals surface area (Å²) >= 11 is 0. The summed E-state index contributed by atoms with van der Waals surface area (Å²) in [6.45, 7) is -0.777. The smallest absolute Gasteiger partial charge is 0.279 e. The summed E-state index contributed by atoms with van der Waals surface area (Å²) in [5.41, 5.74) is -0.744. The number of carbonyl (C=O) groups excluding carboxylic acids is 1. The molecule has 0 aliphatic carbocycles. The van der Waals surface area contributed by atoms with Gasteiger partial charge in [0.2, 0.25) is 5.82 Å². The predicted molar refractivity (Wildman–Crippen MR) is 97.4 cm³/mol. The fourth-order valence-electron chi connectivity index (χ4n) is 2.78. The zero-order valence-corrected chi connectivity index (χ0v) is 15.7. The molecule has 32 heavy (non-hydrogen) atoms. The molecule has 0 saturated heterocycles. The molecule has 1 amide bonds. The van der Waals surface area contributed by atoms with Crippen LogP contribution in [0.25, 0.3) is 11.3 Å². The van der Waals surface area contributed by atoms with E-state index < -0.39 is 52.9 Å². The molecule has 2 aromatic carbocycles. The average Bonchev–Trinajstić information content (AvgIpc) is 3.44. The lowest BCUT2D eigenvalue weighted by Crippen LogP contribution is -2.14. The molecule has 0 bridgehead atoms. The van der Waals surface area contributed by atoms with E-state index in [2.05, 4.69) is 15.6 Å². The van der Waals surface area contributed by atoms with Crippen LogP contribution in [0.1, 0.15) is 16.1 Å².